The van der Waals surface area contributed by atoms with Crippen molar-refractivity contribution in [3.63, 3.8) is 0 Å². The van der Waals surface area contributed by atoms with E-state index in [1.54, 1.807) is 30.3 Å². The van der Waals surface area contributed by atoms with Gasteiger partial charge in [-0.2, -0.15) is 13.2 Å². The van der Waals surface area contributed by atoms with Gasteiger partial charge in [-0.25, -0.2) is 8.42 Å². The highest BCUT2D eigenvalue weighted by Gasteiger charge is 2.42. The molecule has 0 aliphatic heterocycles. The fourth-order valence-corrected chi connectivity index (χ4v) is 5.40. The van der Waals surface area contributed by atoms with E-state index in [0.717, 1.165) is 12.1 Å². The molecule has 0 radical (unpaired) electrons. The second-order valence-corrected chi connectivity index (χ2v) is 8.61. The van der Waals surface area contributed by atoms with Gasteiger partial charge >= 0.3 is 6.18 Å². The van der Waals surface area contributed by atoms with E-state index < -0.39 is 31.7 Å². The van der Waals surface area contributed by atoms with Gasteiger partial charge in [-0.3, -0.25) is 0 Å². The molecule has 140 valence electrons. The monoisotopic (exact) mass is 384 g/mol. The second kappa shape index (κ2) is 7.04. The van der Waals surface area contributed by atoms with E-state index in [0.29, 0.717) is 24.0 Å². The van der Waals surface area contributed by atoms with Crippen molar-refractivity contribution in [3.8, 4) is 11.1 Å². The zero-order valence-corrected chi connectivity index (χ0v) is 15.0. The molecule has 3 nitrogen and oxygen atoms in total. The summed E-state index contributed by atoms with van der Waals surface area (Å²) in [6.07, 6.45) is -3.93. The van der Waals surface area contributed by atoms with Gasteiger partial charge in [-0.05, 0) is 42.5 Å². The first-order valence-electron chi connectivity index (χ1n) is 8.27. The quantitative estimate of drug-likeness (QED) is 0.767. The number of alkyl halides is 3. The SMILES string of the molecule is CO[C@@H]1CC[C@@H](S(=O)(=O)c2ccc(-c3ccccc3)cc2C(F)(F)F)C1. The molecule has 1 fully saturated rings. The van der Waals surface area contributed by atoms with Crippen molar-refractivity contribution in [2.45, 2.75) is 41.7 Å². The summed E-state index contributed by atoms with van der Waals surface area (Å²) in [5, 5.41) is -0.851. The van der Waals surface area contributed by atoms with Gasteiger partial charge in [-0.1, -0.05) is 36.4 Å². The molecule has 0 saturated heterocycles. The van der Waals surface area contributed by atoms with Gasteiger partial charge in [0.15, 0.2) is 9.84 Å². The number of benzene rings is 2. The summed E-state index contributed by atoms with van der Waals surface area (Å²) in [4.78, 5) is -0.647. The van der Waals surface area contributed by atoms with Crippen LogP contribution in [0.4, 0.5) is 13.2 Å². The average molecular weight is 384 g/mol. The van der Waals surface area contributed by atoms with Crippen molar-refractivity contribution in [2.75, 3.05) is 7.11 Å². The number of hydrogen-bond donors (Lipinski definition) is 0. The van der Waals surface area contributed by atoms with Gasteiger partial charge in [0.2, 0.25) is 0 Å². The van der Waals surface area contributed by atoms with E-state index >= 15 is 0 Å². The Morgan fingerprint density at radius 2 is 1.69 bits per heavy atom. The van der Waals surface area contributed by atoms with E-state index in [2.05, 4.69) is 0 Å². The maximum atomic E-state index is 13.6. The average Bonchev–Trinajstić information content (AvgIpc) is 3.11. The first-order chi connectivity index (χ1) is 12.2. The lowest BCUT2D eigenvalue weighted by Gasteiger charge is -2.18. The van der Waals surface area contributed by atoms with Gasteiger partial charge in [0.25, 0.3) is 0 Å². The van der Waals surface area contributed by atoms with E-state index in [1.807, 2.05) is 0 Å². The summed E-state index contributed by atoms with van der Waals surface area (Å²) in [5.74, 6) is 0. The highest BCUT2D eigenvalue weighted by Crippen LogP contribution is 2.40. The highest BCUT2D eigenvalue weighted by atomic mass is 32.2. The lowest BCUT2D eigenvalue weighted by molar-refractivity contribution is -0.139. The van der Waals surface area contributed by atoms with Crippen LogP contribution in [-0.4, -0.2) is 26.9 Å². The first kappa shape index (κ1) is 18.9. The molecule has 0 amide bonds. The predicted octanol–water partition coefficient (Wildman–Crippen LogP) is 4.71. The Balaban J connectivity index is 2.07. The number of hydrogen-bond acceptors (Lipinski definition) is 3. The Bertz CT molecular complexity index is 877. The van der Waals surface area contributed by atoms with Crippen molar-refractivity contribution >= 4 is 9.84 Å². The molecular weight excluding hydrogens is 365 g/mol. The molecule has 0 spiro atoms. The zero-order chi connectivity index (χ0) is 18.9. The van der Waals surface area contributed by atoms with Crippen molar-refractivity contribution in [2.24, 2.45) is 0 Å². The van der Waals surface area contributed by atoms with Gasteiger partial charge in [0.05, 0.1) is 21.8 Å². The van der Waals surface area contributed by atoms with Crippen molar-refractivity contribution in [1.29, 1.82) is 0 Å². The number of sulfone groups is 1. The summed E-state index contributed by atoms with van der Waals surface area (Å²) in [5.41, 5.74) is -0.181. The third-order valence-corrected chi connectivity index (χ3v) is 7.08. The van der Waals surface area contributed by atoms with Crippen LogP contribution in [0.25, 0.3) is 11.1 Å². The normalized spacial score (nSPS) is 21.1. The summed E-state index contributed by atoms with van der Waals surface area (Å²) >= 11 is 0. The van der Waals surface area contributed by atoms with Crippen LogP contribution in [0.3, 0.4) is 0 Å². The third-order valence-electron chi connectivity index (χ3n) is 4.81. The summed E-state index contributed by atoms with van der Waals surface area (Å²) < 4.78 is 71.7. The lowest BCUT2D eigenvalue weighted by atomic mass is 10.0. The van der Waals surface area contributed by atoms with Crippen molar-refractivity contribution < 1.29 is 26.3 Å². The van der Waals surface area contributed by atoms with E-state index in [1.165, 1.54) is 13.2 Å². The van der Waals surface area contributed by atoms with Crippen LogP contribution in [0.1, 0.15) is 24.8 Å². The molecule has 0 bridgehead atoms. The number of methoxy groups -OCH3 is 1. The van der Waals surface area contributed by atoms with Crippen LogP contribution in [0.2, 0.25) is 0 Å². The Morgan fingerprint density at radius 1 is 1.00 bits per heavy atom. The molecule has 2 aromatic carbocycles. The van der Waals surface area contributed by atoms with Gasteiger partial charge in [0.1, 0.15) is 0 Å². The Labute approximate surface area is 150 Å². The molecule has 3 rings (SSSR count). The molecule has 2 atom stereocenters. The number of rotatable bonds is 4. The minimum Gasteiger partial charge on any atom is -0.381 e. The molecule has 7 heteroatoms. The van der Waals surface area contributed by atoms with Crippen LogP contribution in [0.15, 0.2) is 53.4 Å². The van der Waals surface area contributed by atoms with Crippen LogP contribution < -0.4 is 0 Å². The fourth-order valence-electron chi connectivity index (χ4n) is 3.39. The zero-order valence-electron chi connectivity index (χ0n) is 14.2. The van der Waals surface area contributed by atoms with E-state index in [4.69, 9.17) is 4.74 Å². The van der Waals surface area contributed by atoms with Gasteiger partial charge < -0.3 is 4.74 Å². The van der Waals surface area contributed by atoms with E-state index in [9.17, 15) is 21.6 Å². The van der Waals surface area contributed by atoms with Crippen molar-refractivity contribution in [1.82, 2.24) is 0 Å². The smallest absolute Gasteiger partial charge is 0.381 e. The van der Waals surface area contributed by atoms with Crippen LogP contribution in [0, 0.1) is 0 Å². The molecule has 2 aromatic rings. The minimum atomic E-state index is -4.76. The molecule has 0 unspecified atom stereocenters. The molecule has 1 aliphatic carbocycles. The van der Waals surface area contributed by atoms with Crippen LogP contribution in [-0.2, 0) is 20.8 Å². The predicted molar refractivity (Wildman–Crippen MR) is 92.5 cm³/mol. The topological polar surface area (TPSA) is 43.4 Å². The fraction of sp³-hybridized carbons (Fsp3) is 0.368. The summed E-state index contributed by atoms with van der Waals surface area (Å²) in [6.45, 7) is 0. The molecule has 1 saturated carbocycles. The Kier molecular flexibility index (Phi) is 5.12. The molecule has 0 heterocycles. The standard InChI is InChI=1S/C19H19F3O3S/c1-25-15-8-9-16(12-15)26(23,24)18-10-7-14(11-17(18)19(20,21)22)13-5-3-2-4-6-13/h2-7,10-11,15-16H,8-9,12H2,1H3/t15-,16-/m1/s1. The number of halogens is 3. The first-order valence-corrected chi connectivity index (χ1v) is 9.81. The molecule has 0 N–H and O–H groups in total. The third kappa shape index (κ3) is 3.64. The van der Waals surface area contributed by atoms with Gasteiger partial charge in [0, 0.05) is 7.11 Å². The maximum Gasteiger partial charge on any atom is 0.417 e. The molecule has 0 aromatic heterocycles. The lowest BCUT2D eigenvalue weighted by Crippen LogP contribution is -2.23. The number of ether oxygens (including phenoxy) is 1. The van der Waals surface area contributed by atoms with Crippen molar-refractivity contribution in [3.05, 3.63) is 54.1 Å². The highest BCUT2D eigenvalue weighted by molar-refractivity contribution is 7.92. The Hall–Kier alpha value is -1.86. The summed E-state index contributed by atoms with van der Waals surface area (Å²) in [7, 11) is -2.61. The second-order valence-electron chi connectivity index (χ2n) is 6.41. The minimum absolute atomic E-state index is 0.219. The molecule has 26 heavy (non-hydrogen) atoms. The van der Waals surface area contributed by atoms with E-state index in [-0.39, 0.29) is 12.5 Å². The summed E-state index contributed by atoms with van der Waals surface area (Å²) in [6, 6.07) is 12.0. The van der Waals surface area contributed by atoms with Gasteiger partial charge in [-0.15, -0.1) is 0 Å². The maximum absolute atomic E-state index is 13.6. The molecule has 1 aliphatic rings. The molecular formula is C19H19F3O3S. The Morgan fingerprint density at radius 3 is 2.27 bits per heavy atom. The van der Waals surface area contributed by atoms with Crippen LogP contribution in [0.5, 0.6) is 0 Å². The van der Waals surface area contributed by atoms with Crippen LogP contribution >= 0.6 is 0 Å². The largest absolute Gasteiger partial charge is 0.417 e.